The maximum absolute atomic E-state index is 9.82. The molecule has 0 amide bonds. The van der Waals surface area contributed by atoms with Crippen molar-refractivity contribution >= 4 is 21.3 Å². The quantitative estimate of drug-likeness (QED) is 0.0710. The molecule has 0 aliphatic carbocycles. The van der Waals surface area contributed by atoms with Gasteiger partial charge in [-0.25, -0.2) is 10.0 Å². The summed E-state index contributed by atoms with van der Waals surface area (Å²) in [7, 11) is 1.63. The van der Waals surface area contributed by atoms with Crippen molar-refractivity contribution in [2.24, 2.45) is 0 Å². The summed E-state index contributed by atoms with van der Waals surface area (Å²) in [5.74, 6) is 3.73. The predicted molar refractivity (Wildman–Crippen MR) is 190 cm³/mol. The maximum Gasteiger partial charge on any atom is 0.129 e. The topological polar surface area (TPSA) is 51.2 Å². The van der Waals surface area contributed by atoms with E-state index in [0.29, 0.717) is 31.0 Å². The van der Waals surface area contributed by atoms with Gasteiger partial charge in [0.25, 0.3) is 0 Å². The molecule has 0 bridgehead atoms. The maximum atomic E-state index is 9.82. The first-order chi connectivity index (χ1) is 19.5. The van der Waals surface area contributed by atoms with Gasteiger partial charge in [-0.3, -0.25) is 0 Å². The molecular formula is C36H63NO4S. The summed E-state index contributed by atoms with van der Waals surface area (Å²) in [6, 6.07) is 5.21. The number of allylic oxidation sites excluding steroid dienone is 4. The van der Waals surface area contributed by atoms with Gasteiger partial charge in [-0.15, -0.1) is 12.3 Å². The van der Waals surface area contributed by atoms with Crippen LogP contribution in [-0.2, 0) is 14.2 Å². The molecule has 1 atom stereocenters. The minimum Gasteiger partial charge on any atom is -0.508 e. The van der Waals surface area contributed by atoms with Crippen LogP contribution in [0.1, 0.15) is 86.6 Å². The van der Waals surface area contributed by atoms with Crippen LogP contribution in [0.4, 0.5) is 5.69 Å². The standard InChI is InChI=1S/C19H25NO2.C10H20O2.C7H18S/c1-7-10-14(4)15(5)17-13-16(21)11-12-18(17)20(6)19(8-2)22-9-3;1-4-6-7-11-8-9-12-10(3)5-2;1-7(2,3)8(4,5)6/h1,11-13,19,21H,4-5,8-10H2,2-3,6H3;5H,4,6-9H2,1-3H3;1-6H3/b;10-5+;. The van der Waals surface area contributed by atoms with Gasteiger partial charge in [0.15, 0.2) is 0 Å². The van der Waals surface area contributed by atoms with Crippen LogP contribution in [-0.4, -0.2) is 68.3 Å². The van der Waals surface area contributed by atoms with Gasteiger partial charge in [-0.05, 0) is 86.5 Å². The molecule has 42 heavy (non-hydrogen) atoms. The second-order valence-corrected chi connectivity index (χ2v) is 16.7. The predicted octanol–water partition coefficient (Wildman–Crippen LogP) is 9.42. The molecule has 0 saturated heterocycles. The number of unbranched alkanes of at least 4 members (excludes halogenated alkanes) is 1. The van der Waals surface area contributed by atoms with Gasteiger partial charge in [0.1, 0.15) is 18.6 Å². The SMILES string of the molecule is C#CCC(=C)C(=C)c1cc(O)ccc1N(C)C(CC)OCC.C/C=C(\C)OCCOCCCC.CC(C)(C)S(C)(C)C. The Hall–Kier alpha value is -2.33. The molecule has 1 aromatic carbocycles. The molecule has 6 heteroatoms. The van der Waals surface area contributed by atoms with E-state index in [2.05, 4.69) is 72.5 Å². The molecule has 0 saturated carbocycles. The van der Waals surface area contributed by atoms with Crippen LogP contribution in [0.2, 0.25) is 0 Å². The Bertz CT molecular complexity index is 968. The van der Waals surface area contributed by atoms with Gasteiger partial charge < -0.3 is 24.2 Å². The number of benzene rings is 1. The molecule has 1 aromatic rings. The van der Waals surface area contributed by atoms with Gasteiger partial charge in [0.2, 0.25) is 0 Å². The lowest BCUT2D eigenvalue weighted by atomic mass is 9.96. The van der Waals surface area contributed by atoms with E-state index in [1.807, 2.05) is 44.9 Å². The Labute approximate surface area is 261 Å². The summed E-state index contributed by atoms with van der Waals surface area (Å²) in [5.41, 5.74) is 3.26. The van der Waals surface area contributed by atoms with Crippen molar-refractivity contribution in [2.45, 2.75) is 92.0 Å². The third kappa shape index (κ3) is 17.6. The van der Waals surface area contributed by atoms with Gasteiger partial charge in [0, 0.05) is 37.9 Å². The number of phenolic OH excluding ortho intramolecular Hbond substituents is 1. The number of anilines is 1. The van der Waals surface area contributed by atoms with E-state index < -0.39 is 0 Å². The zero-order valence-electron chi connectivity index (χ0n) is 29.1. The second kappa shape index (κ2) is 22.2. The van der Waals surface area contributed by atoms with Crippen molar-refractivity contribution in [3.8, 4) is 18.1 Å². The molecule has 242 valence electrons. The molecule has 0 spiro atoms. The van der Waals surface area contributed by atoms with Gasteiger partial charge in [-0.2, -0.15) is 0 Å². The highest BCUT2D eigenvalue weighted by atomic mass is 32.3. The lowest BCUT2D eigenvalue weighted by Gasteiger charge is -2.40. The van der Waals surface area contributed by atoms with Crippen molar-refractivity contribution in [3.63, 3.8) is 0 Å². The summed E-state index contributed by atoms with van der Waals surface area (Å²) in [5, 5.41) is 9.82. The Kier molecular flexibility index (Phi) is 22.1. The van der Waals surface area contributed by atoms with E-state index in [1.54, 1.807) is 12.1 Å². The van der Waals surface area contributed by atoms with Crippen LogP contribution >= 0.6 is 10.0 Å². The fraction of sp³-hybridized carbons (Fsp3) is 0.611. The van der Waals surface area contributed by atoms with Gasteiger partial charge in [0.05, 0.1) is 12.4 Å². The molecule has 0 aromatic heterocycles. The number of nitrogens with zero attached hydrogens (tertiary/aromatic N) is 1. The average Bonchev–Trinajstić information content (AvgIpc) is 2.92. The van der Waals surface area contributed by atoms with Gasteiger partial charge >= 0.3 is 0 Å². The van der Waals surface area contributed by atoms with Crippen molar-refractivity contribution in [3.05, 3.63) is 54.3 Å². The number of ether oxygens (including phenoxy) is 3. The van der Waals surface area contributed by atoms with E-state index in [1.165, 1.54) is 6.42 Å². The molecule has 5 nitrogen and oxygen atoms in total. The van der Waals surface area contributed by atoms with Crippen LogP contribution in [0, 0.1) is 12.3 Å². The molecule has 0 radical (unpaired) electrons. The lowest BCUT2D eigenvalue weighted by molar-refractivity contribution is 0.0611. The van der Waals surface area contributed by atoms with Crippen molar-refractivity contribution in [1.29, 1.82) is 0 Å². The van der Waals surface area contributed by atoms with E-state index in [9.17, 15) is 5.11 Å². The normalized spacial score (nSPS) is 12.5. The fourth-order valence-electron chi connectivity index (χ4n) is 3.04. The van der Waals surface area contributed by atoms with E-state index in [0.717, 1.165) is 47.6 Å². The Morgan fingerprint density at radius 1 is 1.12 bits per heavy atom. The van der Waals surface area contributed by atoms with E-state index in [-0.39, 0.29) is 22.0 Å². The van der Waals surface area contributed by atoms with Crippen molar-refractivity contribution < 1.29 is 19.3 Å². The van der Waals surface area contributed by atoms with Crippen LogP contribution in [0.5, 0.6) is 5.75 Å². The molecule has 1 N–H and O–H groups in total. The number of hydrogen-bond acceptors (Lipinski definition) is 5. The Balaban J connectivity index is 0. The number of aromatic hydroxyl groups is 1. The monoisotopic (exact) mass is 605 g/mol. The zero-order chi connectivity index (χ0) is 32.9. The van der Waals surface area contributed by atoms with Crippen LogP contribution < -0.4 is 4.90 Å². The lowest BCUT2D eigenvalue weighted by Crippen LogP contribution is -2.34. The smallest absolute Gasteiger partial charge is 0.129 e. The Morgan fingerprint density at radius 3 is 2.17 bits per heavy atom. The molecule has 0 aliphatic heterocycles. The molecule has 0 fully saturated rings. The molecule has 1 unspecified atom stereocenters. The first kappa shape index (κ1) is 41.8. The third-order valence-corrected chi connectivity index (χ3v) is 10.7. The second-order valence-electron chi connectivity index (χ2n) is 11.8. The zero-order valence-corrected chi connectivity index (χ0v) is 29.9. The summed E-state index contributed by atoms with van der Waals surface area (Å²) in [6.07, 6.45) is 17.9. The summed E-state index contributed by atoms with van der Waals surface area (Å²) in [4.78, 5) is 2.05. The molecule has 0 aliphatic rings. The fourth-order valence-corrected chi connectivity index (χ4v) is 3.04. The summed E-state index contributed by atoms with van der Waals surface area (Å²) < 4.78 is 16.9. The van der Waals surface area contributed by atoms with Crippen molar-refractivity contribution in [2.75, 3.05) is 57.1 Å². The first-order valence-electron chi connectivity index (χ1n) is 15.0. The van der Waals surface area contributed by atoms with Crippen LogP contribution in [0.3, 0.4) is 0 Å². The minimum absolute atomic E-state index is 0.0398. The largest absolute Gasteiger partial charge is 0.508 e. The van der Waals surface area contributed by atoms with Crippen LogP contribution in [0.25, 0.3) is 5.57 Å². The van der Waals surface area contributed by atoms with Crippen molar-refractivity contribution in [1.82, 2.24) is 0 Å². The highest BCUT2D eigenvalue weighted by Gasteiger charge is 2.22. The molecular weight excluding hydrogens is 542 g/mol. The number of rotatable bonds is 15. The number of hydrogen-bond donors (Lipinski definition) is 1. The number of terminal acetylenes is 1. The number of phenols is 1. The molecule has 0 heterocycles. The Morgan fingerprint density at radius 2 is 1.71 bits per heavy atom. The summed E-state index contributed by atoms with van der Waals surface area (Å²) in [6.45, 7) is 28.0. The highest BCUT2D eigenvalue weighted by molar-refractivity contribution is 8.33. The highest BCUT2D eigenvalue weighted by Crippen LogP contribution is 2.48. The van der Waals surface area contributed by atoms with Crippen LogP contribution in [0.15, 0.2) is 48.8 Å². The third-order valence-electron chi connectivity index (χ3n) is 7.01. The minimum atomic E-state index is -0.340. The van der Waals surface area contributed by atoms with E-state index in [4.69, 9.17) is 20.6 Å². The summed E-state index contributed by atoms with van der Waals surface area (Å²) >= 11 is 0. The average molecular weight is 606 g/mol. The molecule has 1 rings (SSSR count). The van der Waals surface area contributed by atoms with Gasteiger partial charge in [-0.1, -0.05) is 60.3 Å². The van der Waals surface area contributed by atoms with E-state index >= 15 is 0 Å². The first-order valence-corrected chi connectivity index (χ1v) is 17.9.